The Morgan fingerprint density at radius 1 is 0.735 bits per heavy atom. The van der Waals surface area contributed by atoms with Crippen LogP contribution in [0.5, 0.6) is 0 Å². The number of hydrogen-bond donors (Lipinski definition) is 2. The van der Waals surface area contributed by atoms with E-state index in [4.69, 9.17) is 4.74 Å². The van der Waals surface area contributed by atoms with Crippen molar-refractivity contribution < 1.29 is 14.9 Å². The van der Waals surface area contributed by atoms with Gasteiger partial charge in [0.15, 0.2) is 0 Å². The molecule has 5 nitrogen and oxygen atoms in total. The van der Waals surface area contributed by atoms with Gasteiger partial charge in [0, 0.05) is 25.2 Å². The van der Waals surface area contributed by atoms with Gasteiger partial charge >= 0.3 is 0 Å². The Bertz CT molecular complexity index is 723. The second kappa shape index (κ2) is 8.15. The standard InChI is InChI=1S/C29H50N2O3/c1-16(2)11-18(14-32)30(5)9-7-28-24-20-13-21-23-22(20)26(28)27(23)29(34-28,25(21)24)8-10-31(6)19(15-33)12-17(3)4/h16-27,32-33H,7-15H2,1-6H3/t18-,19-,20?,21?,22?,23?,24?,25?,26?,27?,28?,29?/m0/s1. The van der Waals surface area contributed by atoms with Crippen LogP contribution >= 0.6 is 0 Å². The topological polar surface area (TPSA) is 56.2 Å². The molecule has 0 spiro atoms. The fraction of sp³-hybridized carbons (Fsp3) is 1.00. The van der Waals surface area contributed by atoms with Crippen LogP contribution in [0.25, 0.3) is 0 Å². The van der Waals surface area contributed by atoms with E-state index in [1.54, 1.807) is 0 Å². The molecular formula is C29H50N2O3. The smallest absolute Gasteiger partial charge is 0.0771 e. The van der Waals surface area contributed by atoms with Gasteiger partial charge in [0.05, 0.1) is 24.4 Å². The summed E-state index contributed by atoms with van der Waals surface area (Å²) < 4.78 is 7.45. The van der Waals surface area contributed by atoms with Gasteiger partial charge in [-0.2, -0.15) is 0 Å². The van der Waals surface area contributed by atoms with Gasteiger partial charge in [-0.3, -0.25) is 0 Å². The van der Waals surface area contributed by atoms with Gasteiger partial charge in [-0.1, -0.05) is 27.7 Å². The zero-order chi connectivity index (χ0) is 24.2. The molecule has 5 saturated carbocycles. The molecule has 194 valence electrons. The van der Waals surface area contributed by atoms with Gasteiger partial charge in [0.1, 0.15) is 0 Å². The first-order valence-electron chi connectivity index (χ1n) is 14.5. The molecule has 2 saturated heterocycles. The zero-order valence-corrected chi connectivity index (χ0v) is 22.5. The van der Waals surface area contributed by atoms with E-state index < -0.39 is 0 Å². The zero-order valence-electron chi connectivity index (χ0n) is 22.5. The maximum absolute atomic E-state index is 10.0. The molecule has 0 aromatic carbocycles. The number of aliphatic hydroxyl groups is 2. The monoisotopic (exact) mass is 474 g/mol. The number of hydrogen-bond acceptors (Lipinski definition) is 5. The predicted molar refractivity (Wildman–Crippen MR) is 134 cm³/mol. The highest BCUT2D eigenvalue weighted by Gasteiger charge is 2.96. The second-order valence-corrected chi connectivity index (χ2v) is 14.2. The highest BCUT2D eigenvalue weighted by Crippen LogP contribution is 2.93. The third kappa shape index (κ3) is 2.91. The van der Waals surface area contributed by atoms with E-state index in [0.29, 0.717) is 11.8 Å². The predicted octanol–water partition coefficient (Wildman–Crippen LogP) is 3.34. The van der Waals surface area contributed by atoms with Crippen LogP contribution in [0, 0.1) is 59.2 Å². The van der Waals surface area contributed by atoms with Crippen molar-refractivity contribution >= 4 is 0 Å². The first-order chi connectivity index (χ1) is 16.2. The van der Waals surface area contributed by atoms with E-state index in [-0.39, 0.29) is 36.5 Å². The third-order valence-electron chi connectivity index (χ3n) is 12.0. The van der Waals surface area contributed by atoms with E-state index in [9.17, 15) is 10.2 Å². The molecule has 2 aliphatic heterocycles. The average Bonchev–Trinajstić information content (AvgIpc) is 3.44. The van der Waals surface area contributed by atoms with Gasteiger partial charge in [-0.05, 0) is 105 Å². The van der Waals surface area contributed by atoms with Gasteiger partial charge in [0.25, 0.3) is 0 Å². The van der Waals surface area contributed by atoms with Crippen molar-refractivity contribution in [3.63, 3.8) is 0 Å². The quantitative estimate of drug-likeness (QED) is 0.404. The summed E-state index contributed by atoms with van der Waals surface area (Å²) in [4.78, 5) is 4.86. The lowest BCUT2D eigenvalue weighted by Gasteiger charge is -2.48. The molecule has 34 heavy (non-hydrogen) atoms. The molecule has 7 fully saturated rings. The van der Waals surface area contributed by atoms with Crippen molar-refractivity contribution in [3.05, 3.63) is 0 Å². The Morgan fingerprint density at radius 2 is 1.15 bits per heavy atom. The van der Waals surface area contributed by atoms with Crippen molar-refractivity contribution in [1.82, 2.24) is 9.80 Å². The maximum Gasteiger partial charge on any atom is 0.0771 e. The third-order valence-corrected chi connectivity index (χ3v) is 12.0. The Morgan fingerprint density at radius 3 is 1.50 bits per heavy atom. The average molecular weight is 475 g/mol. The highest BCUT2D eigenvalue weighted by atomic mass is 16.5. The SMILES string of the molecule is CC(C)C[C@@H](CO)N(C)CCC12OC3(CCN(C)[C@H](CO)CC(C)C)C4C5CC(C6C5C3C61)C42. The molecule has 0 aromatic heterocycles. The highest BCUT2D eigenvalue weighted by molar-refractivity contribution is 5.43. The van der Waals surface area contributed by atoms with Gasteiger partial charge in [-0.25, -0.2) is 0 Å². The first-order valence-corrected chi connectivity index (χ1v) is 14.5. The minimum atomic E-state index is 0.130. The van der Waals surface area contributed by atoms with Gasteiger partial charge < -0.3 is 24.7 Å². The minimum absolute atomic E-state index is 0.130. The summed E-state index contributed by atoms with van der Waals surface area (Å²) >= 11 is 0. The van der Waals surface area contributed by atoms with E-state index in [2.05, 4.69) is 51.6 Å². The van der Waals surface area contributed by atoms with Crippen LogP contribution in [0.2, 0.25) is 0 Å². The van der Waals surface area contributed by atoms with Crippen LogP contribution in [0.1, 0.15) is 59.8 Å². The van der Waals surface area contributed by atoms with Crippen LogP contribution in [0.15, 0.2) is 0 Å². The molecule has 4 bridgehead atoms. The van der Waals surface area contributed by atoms with Crippen molar-refractivity contribution in [2.24, 2.45) is 59.2 Å². The van der Waals surface area contributed by atoms with Crippen LogP contribution in [-0.2, 0) is 4.74 Å². The molecule has 5 heteroatoms. The van der Waals surface area contributed by atoms with E-state index in [0.717, 1.165) is 86.1 Å². The number of ether oxygens (including phenoxy) is 1. The summed E-state index contributed by atoms with van der Waals surface area (Å²) in [5, 5.41) is 20.0. The molecule has 0 amide bonds. The molecular weight excluding hydrogens is 424 g/mol. The lowest BCUT2D eigenvalue weighted by molar-refractivity contribution is -0.0869. The fourth-order valence-electron chi connectivity index (χ4n) is 11.2. The lowest BCUT2D eigenvalue weighted by Crippen LogP contribution is -2.53. The lowest BCUT2D eigenvalue weighted by atomic mass is 9.54. The molecule has 0 aromatic rings. The van der Waals surface area contributed by atoms with Gasteiger partial charge in [-0.15, -0.1) is 0 Å². The van der Waals surface area contributed by atoms with Crippen LogP contribution in [0.4, 0.5) is 0 Å². The summed E-state index contributed by atoms with van der Waals surface area (Å²) in [6, 6.07) is 0.534. The number of rotatable bonds is 14. The molecule has 0 radical (unpaired) electrons. The van der Waals surface area contributed by atoms with Crippen LogP contribution < -0.4 is 0 Å². The van der Waals surface area contributed by atoms with Crippen molar-refractivity contribution in [3.8, 4) is 0 Å². The number of nitrogens with zero attached hydrogens (tertiary/aromatic N) is 2. The summed E-state index contributed by atoms with van der Waals surface area (Å²) in [5.41, 5.74) is 0.261. The summed E-state index contributed by atoms with van der Waals surface area (Å²) in [6.07, 6.45) is 5.95. The van der Waals surface area contributed by atoms with Crippen molar-refractivity contribution in [2.75, 3.05) is 40.4 Å². The van der Waals surface area contributed by atoms with Gasteiger partial charge in [0.2, 0.25) is 0 Å². The molecule has 2 heterocycles. The molecule has 10 unspecified atom stereocenters. The second-order valence-electron chi connectivity index (χ2n) is 14.2. The fourth-order valence-corrected chi connectivity index (χ4v) is 11.2. The first kappa shape index (κ1) is 24.2. The van der Waals surface area contributed by atoms with E-state index in [1.807, 2.05) is 0 Å². The van der Waals surface area contributed by atoms with E-state index in [1.165, 1.54) is 6.42 Å². The minimum Gasteiger partial charge on any atom is -0.395 e. The number of likely N-dealkylation sites (N-methyl/N-ethyl adjacent to an activating group) is 2. The summed E-state index contributed by atoms with van der Waals surface area (Å²) in [6.45, 7) is 11.7. The summed E-state index contributed by atoms with van der Waals surface area (Å²) in [5.74, 6) is 8.31. The molecule has 2 N–H and O–H groups in total. The van der Waals surface area contributed by atoms with Crippen molar-refractivity contribution in [2.45, 2.75) is 83.1 Å². The molecule has 12 atom stereocenters. The normalized spacial score (nSPS) is 48.0. The van der Waals surface area contributed by atoms with Crippen LogP contribution in [-0.4, -0.2) is 83.7 Å². The Hall–Kier alpha value is -0.200. The number of aliphatic hydroxyl groups excluding tert-OH is 2. The molecule has 7 aliphatic rings. The van der Waals surface area contributed by atoms with Crippen molar-refractivity contribution in [1.29, 1.82) is 0 Å². The Labute approximate surface area is 207 Å². The Kier molecular flexibility index (Phi) is 5.79. The largest absolute Gasteiger partial charge is 0.395 e. The molecule has 7 rings (SSSR count). The van der Waals surface area contributed by atoms with E-state index >= 15 is 0 Å². The Balaban J connectivity index is 1.18. The molecule has 5 aliphatic carbocycles. The maximum atomic E-state index is 10.0. The summed E-state index contributed by atoms with van der Waals surface area (Å²) in [7, 11) is 4.44. The van der Waals surface area contributed by atoms with Crippen LogP contribution in [0.3, 0.4) is 0 Å².